The van der Waals surface area contributed by atoms with Gasteiger partial charge < -0.3 is 13.7 Å². The standard InChI is InChI=1S/C18H16BrN3O3/c19-15-9-8-14(24-15)18(23)22-10-4-7-13(11-22)17-21-20-16(25-17)12-5-2-1-3-6-12/h1-3,5-6,8-9,13H,4,7,10-11H2. The Hall–Kier alpha value is -2.41. The van der Waals surface area contributed by atoms with Crippen LogP contribution in [0.3, 0.4) is 0 Å². The normalized spacial score (nSPS) is 17.6. The van der Waals surface area contributed by atoms with Crippen LogP contribution < -0.4 is 0 Å². The van der Waals surface area contributed by atoms with Crippen molar-refractivity contribution in [3.63, 3.8) is 0 Å². The predicted molar refractivity (Wildman–Crippen MR) is 94.0 cm³/mol. The highest BCUT2D eigenvalue weighted by Crippen LogP contribution is 2.29. The zero-order chi connectivity index (χ0) is 17.2. The quantitative estimate of drug-likeness (QED) is 0.659. The summed E-state index contributed by atoms with van der Waals surface area (Å²) in [7, 11) is 0. The second-order valence-corrected chi connectivity index (χ2v) is 6.79. The van der Waals surface area contributed by atoms with E-state index in [2.05, 4.69) is 26.1 Å². The predicted octanol–water partition coefficient (Wildman–Crippen LogP) is 4.11. The van der Waals surface area contributed by atoms with Crippen LogP contribution >= 0.6 is 15.9 Å². The van der Waals surface area contributed by atoms with E-state index in [1.165, 1.54) is 0 Å². The maximum atomic E-state index is 12.6. The number of rotatable bonds is 3. The van der Waals surface area contributed by atoms with E-state index < -0.39 is 0 Å². The molecule has 0 aliphatic carbocycles. The molecule has 25 heavy (non-hydrogen) atoms. The molecule has 0 N–H and O–H groups in total. The first kappa shape index (κ1) is 16.1. The monoisotopic (exact) mass is 401 g/mol. The topological polar surface area (TPSA) is 72.4 Å². The summed E-state index contributed by atoms with van der Waals surface area (Å²) in [5.74, 6) is 1.35. The van der Waals surface area contributed by atoms with E-state index in [9.17, 15) is 4.79 Å². The molecule has 128 valence electrons. The maximum absolute atomic E-state index is 12.6. The van der Waals surface area contributed by atoms with Crippen molar-refractivity contribution < 1.29 is 13.6 Å². The molecule has 0 saturated carbocycles. The molecule has 1 unspecified atom stereocenters. The van der Waals surface area contributed by atoms with Crippen LogP contribution in [-0.2, 0) is 0 Å². The van der Waals surface area contributed by atoms with Crippen molar-refractivity contribution in [2.75, 3.05) is 13.1 Å². The van der Waals surface area contributed by atoms with E-state index in [1.807, 2.05) is 30.3 Å². The highest BCUT2D eigenvalue weighted by molar-refractivity contribution is 9.10. The molecule has 1 amide bonds. The smallest absolute Gasteiger partial charge is 0.289 e. The number of piperidine rings is 1. The van der Waals surface area contributed by atoms with E-state index in [0.29, 0.717) is 35.3 Å². The summed E-state index contributed by atoms with van der Waals surface area (Å²) in [6, 6.07) is 13.1. The first-order valence-electron chi connectivity index (χ1n) is 8.14. The van der Waals surface area contributed by atoms with E-state index in [1.54, 1.807) is 17.0 Å². The van der Waals surface area contributed by atoms with Gasteiger partial charge in [-0.15, -0.1) is 10.2 Å². The Morgan fingerprint density at radius 2 is 1.96 bits per heavy atom. The van der Waals surface area contributed by atoms with Crippen molar-refractivity contribution in [2.24, 2.45) is 0 Å². The first-order valence-corrected chi connectivity index (χ1v) is 8.93. The molecule has 0 radical (unpaired) electrons. The highest BCUT2D eigenvalue weighted by atomic mass is 79.9. The van der Waals surface area contributed by atoms with Gasteiger partial charge >= 0.3 is 0 Å². The Labute approximate surface area is 153 Å². The minimum absolute atomic E-state index is 0.0427. The zero-order valence-corrected chi connectivity index (χ0v) is 15.0. The van der Waals surface area contributed by atoms with Crippen LogP contribution in [0.1, 0.15) is 35.2 Å². The lowest BCUT2D eigenvalue weighted by Gasteiger charge is -2.30. The maximum Gasteiger partial charge on any atom is 0.289 e. The molecule has 2 aromatic heterocycles. The third-order valence-corrected chi connectivity index (χ3v) is 4.73. The van der Waals surface area contributed by atoms with Gasteiger partial charge in [-0.1, -0.05) is 18.2 Å². The lowest BCUT2D eigenvalue weighted by atomic mass is 9.98. The molecule has 6 nitrogen and oxygen atoms in total. The van der Waals surface area contributed by atoms with Crippen molar-refractivity contribution >= 4 is 21.8 Å². The second-order valence-electron chi connectivity index (χ2n) is 6.01. The van der Waals surface area contributed by atoms with Crippen LogP contribution in [0.25, 0.3) is 11.5 Å². The van der Waals surface area contributed by atoms with Crippen molar-refractivity contribution in [1.82, 2.24) is 15.1 Å². The van der Waals surface area contributed by atoms with Crippen LogP contribution in [0.4, 0.5) is 0 Å². The summed E-state index contributed by atoms with van der Waals surface area (Å²) in [5, 5.41) is 8.35. The molecule has 1 aliphatic rings. The molecule has 1 fully saturated rings. The number of likely N-dealkylation sites (tertiary alicyclic amines) is 1. The van der Waals surface area contributed by atoms with Crippen LogP contribution in [0, 0.1) is 0 Å². The van der Waals surface area contributed by atoms with Gasteiger partial charge in [0.1, 0.15) is 0 Å². The van der Waals surface area contributed by atoms with Crippen LogP contribution in [0.2, 0.25) is 0 Å². The number of hydrogen-bond donors (Lipinski definition) is 0. The molecule has 1 saturated heterocycles. The van der Waals surface area contributed by atoms with Gasteiger partial charge in [0.25, 0.3) is 5.91 Å². The summed E-state index contributed by atoms with van der Waals surface area (Å²) < 4.78 is 11.8. The lowest BCUT2D eigenvalue weighted by Crippen LogP contribution is -2.39. The summed E-state index contributed by atoms with van der Waals surface area (Å²) in [6.07, 6.45) is 1.81. The fourth-order valence-corrected chi connectivity index (χ4v) is 3.35. The van der Waals surface area contributed by atoms with Crippen LogP contribution in [0.15, 0.2) is 56.0 Å². The van der Waals surface area contributed by atoms with Crippen molar-refractivity contribution in [2.45, 2.75) is 18.8 Å². The van der Waals surface area contributed by atoms with Gasteiger partial charge in [0.05, 0.1) is 5.92 Å². The van der Waals surface area contributed by atoms with Gasteiger partial charge in [-0.25, -0.2) is 0 Å². The molecule has 1 atom stereocenters. The van der Waals surface area contributed by atoms with Crippen molar-refractivity contribution in [3.05, 3.63) is 58.8 Å². The number of nitrogens with zero attached hydrogens (tertiary/aromatic N) is 3. The molecule has 4 rings (SSSR count). The van der Waals surface area contributed by atoms with E-state index >= 15 is 0 Å². The Kier molecular flexibility index (Phi) is 4.40. The fraction of sp³-hybridized carbons (Fsp3) is 0.278. The van der Waals surface area contributed by atoms with Gasteiger partial charge in [0.2, 0.25) is 11.8 Å². The molecule has 1 aromatic carbocycles. The number of halogens is 1. The van der Waals surface area contributed by atoms with E-state index in [4.69, 9.17) is 8.83 Å². The largest absolute Gasteiger partial charge is 0.444 e. The summed E-state index contributed by atoms with van der Waals surface area (Å²) in [4.78, 5) is 14.3. The zero-order valence-electron chi connectivity index (χ0n) is 13.4. The molecular formula is C18H16BrN3O3. The summed E-state index contributed by atoms with van der Waals surface area (Å²) in [5.41, 5.74) is 0.894. The third kappa shape index (κ3) is 3.37. The molecular weight excluding hydrogens is 386 g/mol. The number of aromatic nitrogens is 2. The Balaban J connectivity index is 1.50. The summed E-state index contributed by atoms with van der Waals surface area (Å²) >= 11 is 3.23. The number of carbonyl (C=O) groups excluding carboxylic acids is 1. The van der Waals surface area contributed by atoms with Gasteiger partial charge in [0, 0.05) is 18.7 Å². The first-order chi connectivity index (χ1) is 12.2. The number of benzene rings is 1. The molecule has 0 bridgehead atoms. The SMILES string of the molecule is O=C(c1ccc(Br)o1)N1CCCC(c2nnc(-c3ccccc3)o2)C1. The second kappa shape index (κ2) is 6.84. The van der Waals surface area contributed by atoms with Crippen molar-refractivity contribution in [1.29, 1.82) is 0 Å². The Morgan fingerprint density at radius 3 is 2.72 bits per heavy atom. The molecule has 3 aromatic rings. The Morgan fingerprint density at radius 1 is 1.12 bits per heavy atom. The molecule has 3 heterocycles. The minimum Gasteiger partial charge on any atom is -0.444 e. The third-order valence-electron chi connectivity index (χ3n) is 4.30. The number of hydrogen-bond acceptors (Lipinski definition) is 5. The average Bonchev–Trinajstić information content (AvgIpc) is 3.31. The van der Waals surface area contributed by atoms with Crippen LogP contribution in [0.5, 0.6) is 0 Å². The van der Waals surface area contributed by atoms with Gasteiger partial charge in [-0.05, 0) is 53.0 Å². The Bertz CT molecular complexity index is 875. The number of furan rings is 1. The average molecular weight is 402 g/mol. The fourth-order valence-electron chi connectivity index (χ4n) is 3.05. The lowest BCUT2D eigenvalue weighted by molar-refractivity contribution is 0.0665. The summed E-state index contributed by atoms with van der Waals surface area (Å²) in [6.45, 7) is 1.25. The van der Waals surface area contributed by atoms with Crippen molar-refractivity contribution in [3.8, 4) is 11.5 Å². The number of amides is 1. The molecule has 1 aliphatic heterocycles. The molecule has 7 heteroatoms. The van der Waals surface area contributed by atoms with Gasteiger partial charge in [-0.3, -0.25) is 4.79 Å². The molecule has 0 spiro atoms. The van der Waals surface area contributed by atoms with Gasteiger partial charge in [0.15, 0.2) is 10.4 Å². The minimum atomic E-state index is -0.113. The van der Waals surface area contributed by atoms with Crippen LogP contribution in [-0.4, -0.2) is 34.1 Å². The van der Waals surface area contributed by atoms with Gasteiger partial charge in [-0.2, -0.15) is 0 Å². The van der Waals surface area contributed by atoms with E-state index in [-0.39, 0.29) is 11.8 Å². The highest BCUT2D eigenvalue weighted by Gasteiger charge is 2.30. The van der Waals surface area contributed by atoms with E-state index in [0.717, 1.165) is 18.4 Å². The number of carbonyl (C=O) groups is 1.